The van der Waals surface area contributed by atoms with Crippen LogP contribution in [-0.2, 0) is 0 Å². The van der Waals surface area contributed by atoms with Crippen molar-refractivity contribution in [3.8, 4) is 5.82 Å². The van der Waals surface area contributed by atoms with Crippen molar-refractivity contribution in [3.05, 3.63) is 32.5 Å². The van der Waals surface area contributed by atoms with Gasteiger partial charge in [0.2, 0.25) is 0 Å². The zero-order valence-electron chi connectivity index (χ0n) is 9.19. The molecular formula is C11H10ClIN4. The van der Waals surface area contributed by atoms with Gasteiger partial charge in [-0.1, -0.05) is 11.6 Å². The maximum Gasteiger partial charge on any atom is 0.161 e. The number of rotatable bonds is 2. The first-order valence-corrected chi connectivity index (χ1v) is 6.85. The van der Waals surface area contributed by atoms with E-state index in [-0.39, 0.29) is 0 Å². The fourth-order valence-electron chi connectivity index (χ4n) is 1.66. The summed E-state index contributed by atoms with van der Waals surface area (Å²) in [4.78, 5) is 8.92. The molecule has 3 rings (SSSR count). The Morgan fingerprint density at radius 1 is 1.41 bits per heavy atom. The van der Waals surface area contributed by atoms with E-state index in [0.717, 1.165) is 33.6 Å². The highest BCUT2D eigenvalue weighted by Crippen LogP contribution is 2.39. The van der Waals surface area contributed by atoms with E-state index in [0.29, 0.717) is 11.1 Å². The zero-order valence-corrected chi connectivity index (χ0v) is 12.1. The van der Waals surface area contributed by atoms with E-state index in [9.17, 15) is 0 Å². The van der Waals surface area contributed by atoms with Gasteiger partial charge in [-0.3, -0.25) is 0 Å². The molecule has 0 N–H and O–H groups in total. The highest BCUT2D eigenvalue weighted by Gasteiger charge is 2.28. The van der Waals surface area contributed by atoms with Gasteiger partial charge in [0.25, 0.3) is 0 Å². The Hall–Kier alpha value is -0.690. The van der Waals surface area contributed by atoms with E-state index in [1.165, 1.54) is 0 Å². The van der Waals surface area contributed by atoms with E-state index in [1.54, 1.807) is 10.9 Å². The van der Waals surface area contributed by atoms with E-state index >= 15 is 0 Å². The Morgan fingerprint density at radius 3 is 2.76 bits per heavy atom. The van der Waals surface area contributed by atoms with Crippen LogP contribution in [0.5, 0.6) is 0 Å². The minimum absolute atomic E-state index is 0.487. The monoisotopic (exact) mass is 360 g/mol. The maximum atomic E-state index is 6.15. The van der Waals surface area contributed by atoms with E-state index < -0.39 is 0 Å². The van der Waals surface area contributed by atoms with Gasteiger partial charge in [-0.25, -0.2) is 14.6 Å². The topological polar surface area (TPSA) is 43.6 Å². The lowest BCUT2D eigenvalue weighted by atomic mass is 10.3. The van der Waals surface area contributed by atoms with Crippen LogP contribution >= 0.6 is 34.2 Å². The largest absolute Gasteiger partial charge is 0.221 e. The summed E-state index contributed by atoms with van der Waals surface area (Å²) in [6.45, 7) is 1.92. The summed E-state index contributed by atoms with van der Waals surface area (Å²) < 4.78 is 2.83. The van der Waals surface area contributed by atoms with Crippen molar-refractivity contribution in [2.45, 2.75) is 25.7 Å². The summed E-state index contributed by atoms with van der Waals surface area (Å²) in [5.74, 6) is 2.12. The molecule has 2 aromatic rings. The normalized spacial score (nSPS) is 15.2. The number of hydrogen-bond acceptors (Lipinski definition) is 3. The van der Waals surface area contributed by atoms with Crippen LogP contribution in [-0.4, -0.2) is 19.7 Å². The van der Waals surface area contributed by atoms with Crippen molar-refractivity contribution in [2.75, 3.05) is 0 Å². The second-order valence-electron chi connectivity index (χ2n) is 4.20. The van der Waals surface area contributed by atoms with Crippen LogP contribution in [0.15, 0.2) is 12.4 Å². The van der Waals surface area contributed by atoms with Gasteiger partial charge < -0.3 is 0 Å². The van der Waals surface area contributed by atoms with Crippen molar-refractivity contribution in [1.29, 1.82) is 0 Å². The van der Waals surface area contributed by atoms with Crippen LogP contribution in [0.2, 0.25) is 5.15 Å². The first-order chi connectivity index (χ1) is 8.15. The molecular weight excluding hydrogens is 351 g/mol. The van der Waals surface area contributed by atoms with Crippen molar-refractivity contribution in [3.63, 3.8) is 0 Å². The third-order valence-corrected chi connectivity index (χ3v) is 3.71. The smallest absolute Gasteiger partial charge is 0.161 e. The van der Waals surface area contributed by atoms with Gasteiger partial charge in [-0.05, 0) is 42.4 Å². The fraction of sp³-hybridized carbons (Fsp3) is 0.364. The predicted octanol–water partition coefficient (Wildman–Crippen LogP) is 3.11. The summed E-state index contributed by atoms with van der Waals surface area (Å²) >= 11 is 8.38. The molecule has 0 aromatic carbocycles. The summed E-state index contributed by atoms with van der Waals surface area (Å²) in [7, 11) is 0. The SMILES string of the molecule is Cc1c(Cl)nc(C2CC2)nc1-n1cc(I)cn1. The summed E-state index contributed by atoms with van der Waals surface area (Å²) in [5, 5.41) is 4.80. The van der Waals surface area contributed by atoms with Gasteiger partial charge in [-0.2, -0.15) is 5.10 Å². The molecule has 0 bridgehead atoms. The van der Waals surface area contributed by atoms with Gasteiger partial charge in [-0.15, -0.1) is 0 Å². The molecule has 4 nitrogen and oxygen atoms in total. The van der Waals surface area contributed by atoms with E-state index in [4.69, 9.17) is 11.6 Å². The number of nitrogens with zero attached hydrogens (tertiary/aromatic N) is 4. The zero-order chi connectivity index (χ0) is 12.0. The second-order valence-corrected chi connectivity index (χ2v) is 5.80. The molecule has 0 spiro atoms. The number of hydrogen-bond donors (Lipinski definition) is 0. The van der Waals surface area contributed by atoms with Crippen molar-refractivity contribution < 1.29 is 0 Å². The van der Waals surface area contributed by atoms with Crippen LogP contribution in [0, 0.1) is 10.5 Å². The van der Waals surface area contributed by atoms with Crippen LogP contribution < -0.4 is 0 Å². The number of halogens is 2. The maximum absolute atomic E-state index is 6.15. The molecule has 6 heteroatoms. The third kappa shape index (κ3) is 2.18. The predicted molar refractivity (Wildman–Crippen MR) is 73.6 cm³/mol. The van der Waals surface area contributed by atoms with Gasteiger partial charge >= 0.3 is 0 Å². The van der Waals surface area contributed by atoms with Crippen LogP contribution in [0.3, 0.4) is 0 Å². The van der Waals surface area contributed by atoms with Gasteiger partial charge in [0.15, 0.2) is 5.82 Å². The van der Waals surface area contributed by atoms with Crippen LogP contribution in [0.1, 0.15) is 30.1 Å². The lowest BCUT2D eigenvalue weighted by Gasteiger charge is -2.08. The van der Waals surface area contributed by atoms with Gasteiger partial charge in [0.1, 0.15) is 11.0 Å². The molecule has 88 valence electrons. The molecule has 1 aliphatic rings. The average Bonchev–Trinajstić information content (AvgIpc) is 3.05. The molecule has 0 saturated heterocycles. The van der Waals surface area contributed by atoms with Crippen LogP contribution in [0.25, 0.3) is 5.82 Å². The minimum Gasteiger partial charge on any atom is -0.221 e. The minimum atomic E-state index is 0.487. The highest BCUT2D eigenvalue weighted by atomic mass is 127. The van der Waals surface area contributed by atoms with Crippen molar-refractivity contribution in [2.24, 2.45) is 0 Å². The van der Waals surface area contributed by atoms with Crippen LogP contribution in [0.4, 0.5) is 0 Å². The lowest BCUT2D eigenvalue weighted by Crippen LogP contribution is -2.06. The summed E-state index contributed by atoms with van der Waals surface area (Å²) in [6.07, 6.45) is 6.06. The molecule has 0 aliphatic heterocycles. The molecule has 0 radical (unpaired) electrons. The highest BCUT2D eigenvalue weighted by molar-refractivity contribution is 14.1. The first kappa shape index (κ1) is 11.4. The molecule has 17 heavy (non-hydrogen) atoms. The molecule has 1 fully saturated rings. The van der Waals surface area contributed by atoms with Gasteiger partial charge in [0, 0.05) is 17.7 Å². The summed E-state index contributed by atoms with van der Waals surface area (Å²) in [5.41, 5.74) is 0.871. The Balaban J connectivity index is 2.13. The first-order valence-electron chi connectivity index (χ1n) is 5.39. The average molecular weight is 361 g/mol. The number of aromatic nitrogens is 4. The third-order valence-electron chi connectivity index (χ3n) is 2.79. The summed E-state index contributed by atoms with van der Waals surface area (Å²) in [6, 6.07) is 0. The quantitative estimate of drug-likeness (QED) is 0.610. The molecule has 2 heterocycles. The molecule has 0 atom stereocenters. The van der Waals surface area contributed by atoms with Crippen molar-refractivity contribution in [1.82, 2.24) is 19.7 Å². The fourth-order valence-corrected chi connectivity index (χ4v) is 2.22. The molecule has 1 saturated carbocycles. The second kappa shape index (κ2) is 4.20. The standard InChI is InChI=1S/C11H10ClIN4/c1-6-9(12)15-10(7-2-3-7)16-11(6)17-5-8(13)4-14-17/h4-5,7H,2-3H2,1H3. The Morgan fingerprint density at radius 2 is 2.18 bits per heavy atom. The molecule has 1 aliphatic carbocycles. The van der Waals surface area contributed by atoms with E-state index in [2.05, 4.69) is 37.7 Å². The Kier molecular flexibility index (Phi) is 2.82. The Bertz CT molecular complexity index is 577. The Labute approximate surface area is 118 Å². The molecule has 0 amide bonds. The lowest BCUT2D eigenvalue weighted by molar-refractivity contribution is 0.799. The van der Waals surface area contributed by atoms with Crippen molar-refractivity contribution >= 4 is 34.2 Å². The molecule has 0 unspecified atom stereocenters. The molecule has 2 aromatic heterocycles. The van der Waals surface area contributed by atoms with Gasteiger partial charge in [0.05, 0.1) is 9.77 Å². The van der Waals surface area contributed by atoms with E-state index in [1.807, 2.05) is 13.1 Å².